The van der Waals surface area contributed by atoms with Gasteiger partial charge < -0.3 is 19.4 Å². The average Bonchev–Trinajstić information content (AvgIpc) is 3.36. The normalized spacial score (nSPS) is 14.4. The Labute approximate surface area is 456 Å². The monoisotopic (exact) mass is 1050 g/mol. The van der Waals surface area contributed by atoms with Crippen LogP contribution >= 0.6 is 7.82 Å². The summed E-state index contributed by atoms with van der Waals surface area (Å²) in [6.07, 6.45) is 71.2. The second kappa shape index (κ2) is 53.3. The van der Waals surface area contributed by atoms with Crippen molar-refractivity contribution >= 4 is 19.7 Å². The fourth-order valence-corrected chi connectivity index (χ4v) is 8.85. The number of phosphoric ester groups is 1. The van der Waals surface area contributed by atoms with Gasteiger partial charge in [-0.1, -0.05) is 221 Å². The summed E-state index contributed by atoms with van der Waals surface area (Å²) in [6, 6.07) is -0.871. The third-order valence-electron chi connectivity index (χ3n) is 12.8. The number of nitrogens with zero attached hydrogens (tertiary/aromatic N) is 1. The molecule has 0 saturated carbocycles. The topological polar surface area (TPSA) is 111 Å². The van der Waals surface area contributed by atoms with Gasteiger partial charge in [-0.15, -0.1) is 0 Å². The molecule has 74 heavy (non-hydrogen) atoms. The van der Waals surface area contributed by atoms with Crippen LogP contribution in [0.15, 0.2) is 97.2 Å². The molecule has 0 aliphatic heterocycles. The Morgan fingerprint density at radius 3 is 1.32 bits per heavy atom. The lowest BCUT2D eigenvalue weighted by Gasteiger charge is -2.27. The van der Waals surface area contributed by atoms with E-state index in [1.54, 1.807) is 0 Å². The standard InChI is InChI=1S/C64H113N2O7P/c1-7-10-13-16-19-22-25-27-29-30-31-32-33-34-35-36-37-39-42-45-48-51-54-57-64(68)73-62(55-52-49-46-43-40-24-21-18-15-12-9-3)61(60-72-74(69,70)71-59-58-66(4,5)6)65-63(67)56-53-50-47-44-41-38-28-26-23-20-17-14-11-8-2/h10,13,19,22,27,29,31-32,34-35,37-39,41,52,55,61-62H,7-9,11-12,14-18,20-21,23-26,28,30,33,36,40,42-51,53-54,56-60H2,1-6H3,(H-,65,67,69,70)/p+1/b13-10-,22-19-,29-27-,32-31-,35-34-,39-37-,41-38-,55-52-. The molecule has 0 fully saturated rings. The van der Waals surface area contributed by atoms with Gasteiger partial charge in [0.2, 0.25) is 5.91 Å². The maximum atomic E-state index is 13.5. The second-order valence-corrected chi connectivity index (χ2v) is 22.6. The van der Waals surface area contributed by atoms with Crippen molar-refractivity contribution in [3.05, 3.63) is 97.2 Å². The van der Waals surface area contributed by atoms with Gasteiger partial charge >= 0.3 is 13.8 Å². The molecule has 0 bridgehead atoms. The zero-order chi connectivity index (χ0) is 54.3. The summed E-state index contributed by atoms with van der Waals surface area (Å²) in [6.45, 7) is 6.85. The summed E-state index contributed by atoms with van der Waals surface area (Å²) >= 11 is 0. The summed E-state index contributed by atoms with van der Waals surface area (Å²) in [5, 5.41) is 3.03. The Hall–Kier alpha value is -3.07. The molecule has 0 rings (SSSR count). The van der Waals surface area contributed by atoms with E-state index in [9.17, 15) is 19.0 Å². The molecular weight excluding hydrogens is 940 g/mol. The number of quaternary nitrogens is 1. The summed E-state index contributed by atoms with van der Waals surface area (Å²) in [7, 11) is 1.46. The molecule has 9 nitrogen and oxygen atoms in total. The van der Waals surface area contributed by atoms with E-state index in [2.05, 4.69) is 111 Å². The maximum absolute atomic E-state index is 13.5. The second-order valence-electron chi connectivity index (χ2n) is 21.1. The van der Waals surface area contributed by atoms with Gasteiger partial charge in [-0.05, 0) is 109 Å². The number of hydrogen-bond acceptors (Lipinski definition) is 6. The van der Waals surface area contributed by atoms with Crippen LogP contribution in [0.2, 0.25) is 0 Å². The summed E-state index contributed by atoms with van der Waals surface area (Å²) < 4.78 is 30.6. The van der Waals surface area contributed by atoms with Crippen LogP contribution in [-0.2, 0) is 27.9 Å². The molecule has 0 aromatic carbocycles. The molecule has 3 unspecified atom stereocenters. The molecule has 2 N–H and O–H groups in total. The minimum atomic E-state index is -4.46. The van der Waals surface area contributed by atoms with E-state index in [4.69, 9.17) is 13.8 Å². The molecule has 0 aromatic heterocycles. The summed E-state index contributed by atoms with van der Waals surface area (Å²) in [5.74, 6) is -0.558. The van der Waals surface area contributed by atoms with Crippen molar-refractivity contribution in [1.29, 1.82) is 0 Å². The van der Waals surface area contributed by atoms with Gasteiger partial charge in [0, 0.05) is 12.8 Å². The van der Waals surface area contributed by atoms with Crippen molar-refractivity contribution in [3.63, 3.8) is 0 Å². The van der Waals surface area contributed by atoms with Gasteiger partial charge in [-0.25, -0.2) is 4.57 Å². The number of ether oxygens (including phenoxy) is 1. The smallest absolute Gasteiger partial charge is 0.456 e. The van der Waals surface area contributed by atoms with Gasteiger partial charge in [0.15, 0.2) is 0 Å². The quantitative estimate of drug-likeness (QED) is 0.0205. The van der Waals surface area contributed by atoms with E-state index in [-0.39, 0.29) is 31.5 Å². The molecule has 0 aromatic rings. The Balaban J connectivity index is 5.30. The highest BCUT2D eigenvalue weighted by atomic mass is 31.2. The van der Waals surface area contributed by atoms with E-state index in [1.807, 2.05) is 33.3 Å². The number of rotatable bonds is 53. The average molecular weight is 1050 g/mol. The zero-order valence-corrected chi connectivity index (χ0v) is 49.4. The molecule has 10 heteroatoms. The molecule has 0 spiro atoms. The van der Waals surface area contributed by atoms with Crippen molar-refractivity contribution in [3.8, 4) is 0 Å². The lowest BCUT2D eigenvalue weighted by atomic mass is 10.1. The molecule has 1 amide bonds. The molecule has 0 heterocycles. The molecule has 0 saturated heterocycles. The first-order valence-electron chi connectivity index (χ1n) is 30.1. The SMILES string of the molecule is CC/C=C\C/C=C\C/C=C\C/C=C\C/C=C\C/C=C\CCCCCCC(=O)OC(/C=C\CCCCCCCCCCC)C(COP(=O)(O)OCC[N+](C)(C)C)NC(=O)CCCCC/C=C\CCCCCCCCC. The third kappa shape index (κ3) is 53.7. The molecule has 0 radical (unpaired) electrons. The van der Waals surface area contributed by atoms with E-state index >= 15 is 0 Å². The highest BCUT2D eigenvalue weighted by Gasteiger charge is 2.30. The van der Waals surface area contributed by atoms with Gasteiger partial charge in [0.05, 0.1) is 33.8 Å². The molecule has 0 aliphatic rings. The van der Waals surface area contributed by atoms with Crippen LogP contribution in [0, 0.1) is 0 Å². The van der Waals surface area contributed by atoms with Crippen LogP contribution in [0.25, 0.3) is 0 Å². The van der Waals surface area contributed by atoms with Gasteiger partial charge in [0.1, 0.15) is 19.3 Å². The molecule has 3 atom stereocenters. The third-order valence-corrected chi connectivity index (χ3v) is 13.7. The van der Waals surface area contributed by atoms with Gasteiger partial charge in [-0.2, -0.15) is 0 Å². The number of carbonyl (C=O) groups excluding carboxylic acids is 2. The Bertz CT molecular complexity index is 1590. The Morgan fingerprint density at radius 2 is 0.865 bits per heavy atom. The number of unbranched alkanes of at least 4 members (excludes halogenated alkanes) is 23. The van der Waals surface area contributed by atoms with Crippen molar-refractivity contribution < 1.29 is 37.3 Å². The molecular formula is C64H114N2O7P+. The number of esters is 1. The molecule has 426 valence electrons. The largest absolute Gasteiger partial charge is 0.472 e. The van der Waals surface area contributed by atoms with Crippen LogP contribution in [-0.4, -0.2) is 74.3 Å². The lowest BCUT2D eigenvalue weighted by Crippen LogP contribution is -2.47. The summed E-state index contributed by atoms with van der Waals surface area (Å²) in [5.41, 5.74) is 0. The number of allylic oxidation sites excluding steroid dienone is 15. The summed E-state index contributed by atoms with van der Waals surface area (Å²) in [4.78, 5) is 37.6. The predicted octanol–water partition coefficient (Wildman–Crippen LogP) is 18.4. The maximum Gasteiger partial charge on any atom is 0.472 e. The number of hydrogen-bond donors (Lipinski definition) is 2. The first-order chi connectivity index (χ1) is 35.9. The number of likely N-dealkylation sites (N-methyl/N-ethyl adjacent to an activating group) is 1. The Morgan fingerprint density at radius 1 is 0.486 bits per heavy atom. The van der Waals surface area contributed by atoms with E-state index in [1.165, 1.54) is 89.9 Å². The van der Waals surface area contributed by atoms with Crippen LogP contribution in [0.5, 0.6) is 0 Å². The predicted molar refractivity (Wildman–Crippen MR) is 318 cm³/mol. The number of phosphoric acid groups is 1. The van der Waals surface area contributed by atoms with Crippen molar-refractivity contribution in [1.82, 2.24) is 5.32 Å². The first kappa shape index (κ1) is 70.9. The van der Waals surface area contributed by atoms with Crippen molar-refractivity contribution in [2.45, 2.75) is 258 Å². The van der Waals surface area contributed by atoms with Crippen molar-refractivity contribution in [2.75, 3.05) is 40.9 Å². The number of nitrogens with one attached hydrogen (secondary N) is 1. The van der Waals surface area contributed by atoms with Crippen LogP contribution in [0.4, 0.5) is 0 Å². The minimum absolute atomic E-state index is 0.0288. The van der Waals surface area contributed by atoms with Crippen LogP contribution in [0.1, 0.15) is 245 Å². The number of amides is 1. The van der Waals surface area contributed by atoms with Crippen LogP contribution in [0.3, 0.4) is 0 Å². The fourth-order valence-electron chi connectivity index (χ4n) is 8.11. The minimum Gasteiger partial charge on any atom is -0.456 e. The molecule has 0 aliphatic carbocycles. The van der Waals surface area contributed by atoms with E-state index in [0.29, 0.717) is 23.9 Å². The van der Waals surface area contributed by atoms with E-state index in [0.717, 1.165) is 116 Å². The first-order valence-corrected chi connectivity index (χ1v) is 31.6. The lowest BCUT2D eigenvalue weighted by molar-refractivity contribution is -0.870. The van der Waals surface area contributed by atoms with Crippen LogP contribution < -0.4 is 5.32 Å². The zero-order valence-electron chi connectivity index (χ0n) is 48.6. The highest BCUT2D eigenvalue weighted by Crippen LogP contribution is 2.43. The number of carbonyl (C=O) groups is 2. The van der Waals surface area contributed by atoms with Gasteiger partial charge in [0.25, 0.3) is 0 Å². The van der Waals surface area contributed by atoms with Gasteiger partial charge in [-0.3, -0.25) is 18.6 Å². The fraction of sp³-hybridized carbons (Fsp3) is 0.719. The van der Waals surface area contributed by atoms with E-state index < -0.39 is 20.0 Å². The highest BCUT2D eigenvalue weighted by molar-refractivity contribution is 7.47. The Kier molecular flexibility index (Phi) is 51.1. The van der Waals surface area contributed by atoms with Crippen molar-refractivity contribution in [2.24, 2.45) is 0 Å².